The molecule has 50 heavy (non-hydrogen) atoms. The van der Waals surface area contributed by atoms with Gasteiger partial charge in [-0.05, 0) is 100 Å². The molecule has 0 bridgehead atoms. The molecule has 0 fully saturated rings. The zero-order chi connectivity index (χ0) is 33.3. The molecule has 9 rings (SSSR count). The van der Waals surface area contributed by atoms with Crippen molar-refractivity contribution in [3.8, 4) is 39.1 Å². The van der Waals surface area contributed by atoms with Crippen LogP contribution >= 0.6 is 0 Å². The number of hydrogen-bond donors (Lipinski definition) is 0. The van der Waals surface area contributed by atoms with Crippen LogP contribution in [0.1, 0.15) is 0 Å². The first-order valence-electron chi connectivity index (χ1n) is 17.1. The molecule has 236 valence electrons. The summed E-state index contributed by atoms with van der Waals surface area (Å²) in [5.74, 6) is 0. The highest BCUT2D eigenvalue weighted by molar-refractivity contribution is 6.09. The Labute approximate surface area is 292 Å². The molecule has 0 aliphatic carbocycles. The van der Waals surface area contributed by atoms with Crippen LogP contribution in [0, 0.1) is 0 Å². The number of hydrogen-bond acceptors (Lipinski definition) is 1. The van der Waals surface area contributed by atoms with Crippen LogP contribution in [0.4, 0.5) is 17.1 Å². The fraction of sp³-hybridized carbons (Fsp3) is 0. The van der Waals surface area contributed by atoms with Crippen LogP contribution in [-0.2, 0) is 0 Å². The van der Waals surface area contributed by atoms with Crippen LogP contribution in [0.15, 0.2) is 206 Å². The largest absolute Gasteiger partial charge is 0.311 e. The van der Waals surface area contributed by atoms with Crippen molar-refractivity contribution in [2.24, 2.45) is 0 Å². The third-order valence-corrected chi connectivity index (χ3v) is 9.61. The standard InChI is InChI=1S/C48H34N2/c1-3-12-35(13-4-1)37-22-26-41(27-23-37)49(42-28-24-38(25-29-42)40-17-11-16-39(34-40)36-14-5-2-6-15-36)43-30-32-44(33-31-43)50-47-20-9-7-18-45(47)46-19-8-10-21-48(46)50/h1-34H. The maximum atomic E-state index is 2.37. The number of rotatable bonds is 7. The predicted molar refractivity (Wildman–Crippen MR) is 212 cm³/mol. The van der Waals surface area contributed by atoms with Gasteiger partial charge in [-0.25, -0.2) is 0 Å². The van der Waals surface area contributed by atoms with E-state index in [9.17, 15) is 0 Å². The lowest BCUT2D eigenvalue weighted by atomic mass is 9.99. The number of nitrogens with zero attached hydrogens (tertiary/aromatic N) is 2. The van der Waals surface area contributed by atoms with Gasteiger partial charge in [0.1, 0.15) is 0 Å². The maximum Gasteiger partial charge on any atom is 0.0541 e. The van der Waals surface area contributed by atoms with Crippen LogP contribution in [0.5, 0.6) is 0 Å². The summed E-state index contributed by atoms with van der Waals surface area (Å²) in [7, 11) is 0. The highest BCUT2D eigenvalue weighted by atomic mass is 15.1. The lowest BCUT2D eigenvalue weighted by molar-refractivity contribution is 1.17. The van der Waals surface area contributed by atoms with E-state index < -0.39 is 0 Å². The van der Waals surface area contributed by atoms with E-state index in [1.165, 1.54) is 55.2 Å². The molecule has 0 aliphatic heterocycles. The molecule has 0 amide bonds. The fourth-order valence-electron chi connectivity index (χ4n) is 7.14. The third-order valence-electron chi connectivity index (χ3n) is 9.61. The van der Waals surface area contributed by atoms with E-state index in [4.69, 9.17) is 0 Å². The van der Waals surface area contributed by atoms with Gasteiger partial charge >= 0.3 is 0 Å². The summed E-state index contributed by atoms with van der Waals surface area (Å²) in [6, 6.07) is 74.0. The number of anilines is 3. The summed E-state index contributed by atoms with van der Waals surface area (Å²) in [5, 5.41) is 2.53. The molecular formula is C48H34N2. The third kappa shape index (κ3) is 5.43. The van der Waals surface area contributed by atoms with Crippen LogP contribution in [0.2, 0.25) is 0 Å². The van der Waals surface area contributed by atoms with Crippen molar-refractivity contribution in [2.75, 3.05) is 4.90 Å². The smallest absolute Gasteiger partial charge is 0.0541 e. The average molecular weight is 639 g/mol. The molecule has 0 N–H and O–H groups in total. The topological polar surface area (TPSA) is 8.17 Å². The minimum absolute atomic E-state index is 1.10. The second-order valence-electron chi connectivity index (χ2n) is 12.6. The zero-order valence-electron chi connectivity index (χ0n) is 27.5. The van der Waals surface area contributed by atoms with Crippen molar-refractivity contribution in [2.45, 2.75) is 0 Å². The van der Waals surface area contributed by atoms with Crippen molar-refractivity contribution >= 4 is 38.9 Å². The summed E-state index contributed by atoms with van der Waals surface area (Å²) in [4.78, 5) is 2.34. The zero-order valence-corrected chi connectivity index (χ0v) is 27.5. The van der Waals surface area contributed by atoms with Crippen molar-refractivity contribution < 1.29 is 0 Å². The lowest BCUT2D eigenvalue weighted by Gasteiger charge is -2.26. The quantitative estimate of drug-likeness (QED) is 0.169. The fourth-order valence-corrected chi connectivity index (χ4v) is 7.14. The van der Waals surface area contributed by atoms with E-state index in [1.807, 2.05) is 0 Å². The number of aromatic nitrogens is 1. The van der Waals surface area contributed by atoms with Gasteiger partial charge in [0, 0.05) is 33.5 Å². The summed E-state index contributed by atoms with van der Waals surface area (Å²) in [5.41, 5.74) is 14.1. The van der Waals surface area contributed by atoms with E-state index in [2.05, 4.69) is 216 Å². The lowest BCUT2D eigenvalue weighted by Crippen LogP contribution is -2.10. The minimum Gasteiger partial charge on any atom is -0.311 e. The monoisotopic (exact) mass is 638 g/mol. The van der Waals surface area contributed by atoms with Gasteiger partial charge in [-0.15, -0.1) is 0 Å². The molecule has 1 aromatic heterocycles. The molecule has 2 nitrogen and oxygen atoms in total. The molecule has 0 atom stereocenters. The molecule has 1 heterocycles. The Morgan fingerprint density at radius 2 is 0.640 bits per heavy atom. The second-order valence-corrected chi connectivity index (χ2v) is 12.6. The molecule has 0 aliphatic rings. The molecule has 0 unspecified atom stereocenters. The van der Waals surface area contributed by atoms with Gasteiger partial charge in [0.25, 0.3) is 0 Å². The first-order valence-corrected chi connectivity index (χ1v) is 17.1. The second kappa shape index (κ2) is 12.8. The number of fused-ring (bicyclic) bond motifs is 3. The van der Waals surface area contributed by atoms with E-state index in [0.29, 0.717) is 0 Å². The predicted octanol–water partition coefficient (Wildman–Crippen LogP) is 13.3. The molecule has 9 aromatic rings. The van der Waals surface area contributed by atoms with Crippen molar-refractivity contribution in [1.29, 1.82) is 0 Å². The van der Waals surface area contributed by atoms with Crippen LogP contribution in [-0.4, -0.2) is 4.57 Å². The average Bonchev–Trinajstić information content (AvgIpc) is 3.54. The summed E-state index contributed by atoms with van der Waals surface area (Å²) in [6.45, 7) is 0. The van der Waals surface area contributed by atoms with Gasteiger partial charge in [0.05, 0.1) is 11.0 Å². The van der Waals surface area contributed by atoms with Crippen LogP contribution < -0.4 is 4.90 Å². The van der Waals surface area contributed by atoms with E-state index in [0.717, 1.165) is 22.7 Å². The Morgan fingerprint density at radius 1 is 0.280 bits per heavy atom. The normalized spacial score (nSPS) is 11.2. The van der Waals surface area contributed by atoms with Crippen molar-refractivity contribution in [3.63, 3.8) is 0 Å². The highest BCUT2D eigenvalue weighted by Crippen LogP contribution is 2.39. The summed E-state index contributed by atoms with van der Waals surface area (Å²) < 4.78 is 2.37. The Kier molecular flexibility index (Phi) is 7.53. The van der Waals surface area contributed by atoms with Crippen molar-refractivity contribution in [3.05, 3.63) is 206 Å². The van der Waals surface area contributed by atoms with Gasteiger partial charge in [0.15, 0.2) is 0 Å². The first-order chi connectivity index (χ1) is 24.8. The Bertz CT molecular complexity index is 2490. The molecule has 0 saturated carbocycles. The molecule has 0 saturated heterocycles. The Balaban J connectivity index is 1.11. The first kappa shape index (κ1) is 29.5. The number of para-hydroxylation sites is 2. The summed E-state index contributed by atoms with van der Waals surface area (Å²) in [6.07, 6.45) is 0. The van der Waals surface area contributed by atoms with E-state index >= 15 is 0 Å². The molecule has 0 radical (unpaired) electrons. The summed E-state index contributed by atoms with van der Waals surface area (Å²) >= 11 is 0. The van der Waals surface area contributed by atoms with Gasteiger partial charge in [0.2, 0.25) is 0 Å². The van der Waals surface area contributed by atoms with Crippen LogP contribution in [0.3, 0.4) is 0 Å². The van der Waals surface area contributed by atoms with Gasteiger partial charge in [-0.3, -0.25) is 0 Å². The maximum absolute atomic E-state index is 2.37. The molecule has 0 spiro atoms. The highest BCUT2D eigenvalue weighted by Gasteiger charge is 2.16. The molecule has 8 aromatic carbocycles. The Hall–Kier alpha value is -6.64. The van der Waals surface area contributed by atoms with Crippen LogP contribution in [0.25, 0.3) is 60.9 Å². The minimum atomic E-state index is 1.10. The number of benzene rings is 8. The van der Waals surface area contributed by atoms with Gasteiger partial charge in [-0.1, -0.05) is 140 Å². The molecular weight excluding hydrogens is 605 g/mol. The SMILES string of the molecule is c1ccc(-c2ccc(N(c3ccc(-c4cccc(-c5ccccc5)c4)cc3)c3ccc(-n4c5ccccc5c5ccccc54)cc3)cc2)cc1. The van der Waals surface area contributed by atoms with E-state index in [1.54, 1.807) is 0 Å². The van der Waals surface area contributed by atoms with E-state index in [-0.39, 0.29) is 0 Å². The van der Waals surface area contributed by atoms with Gasteiger partial charge in [-0.2, -0.15) is 0 Å². The Morgan fingerprint density at radius 3 is 1.14 bits per heavy atom. The van der Waals surface area contributed by atoms with Crippen molar-refractivity contribution in [1.82, 2.24) is 4.57 Å². The van der Waals surface area contributed by atoms with Gasteiger partial charge < -0.3 is 9.47 Å². The molecule has 2 heteroatoms.